The Labute approximate surface area is 111 Å². The maximum Gasteiger partial charge on any atom is 0.360 e. The van der Waals surface area contributed by atoms with Gasteiger partial charge in [0.1, 0.15) is 16.6 Å². The van der Waals surface area contributed by atoms with Gasteiger partial charge in [-0.15, -0.1) is 0 Å². The summed E-state index contributed by atoms with van der Waals surface area (Å²) in [7, 11) is 0. The quantitative estimate of drug-likeness (QED) is 0.259. The highest BCUT2D eigenvalue weighted by Gasteiger charge is 2.22. The third-order valence-corrected chi connectivity index (χ3v) is 2.73. The molecule has 1 aromatic heterocycles. The van der Waals surface area contributed by atoms with Crippen molar-refractivity contribution >= 4 is 46.2 Å². The van der Waals surface area contributed by atoms with Gasteiger partial charge < -0.3 is 15.3 Å². The summed E-state index contributed by atoms with van der Waals surface area (Å²) in [6, 6.07) is 0. The summed E-state index contributed by atoms with van der Waals surface area (Å²) in [4.78, 5) is 29.7. The first-order valence-electron chi connectivity index (χ1n) is 4.51. The van der Waals surface area contributed by atoms with Gasteiger partial charge in [-0.1, -0.05) is 40.7 Å². The second kappa shape index (κ2) is 6.72. The van der Waals surface area contributed by atoms with E-state index >= 15 is 0 Å². The molecule has 0 radical (unpaired) electrons. The maximum absolute atomic E-state index is 11.0. The number of carboxylic acids is 1. The van der Waals surface area contributed by atoms with Crippen LogP contribution in [0.25, 0.3) is 0 Å². The van der Waals surface area contributed by atoms with Crippen molar-refractivity contribution in [2.45, 2.75) is 0 Å². The first-order chi connectivity index (χ1) is 8.60. The molecule has 0 unspecified atom stereocenters. The van der Waals surface area contributed by atoms with Crippen molar-refractivity contribution in [3.8, 4) is 0 Å². The largest absolute Gasteiger partial charge is 0.476 e. The van der Waals surface area contributed by atoms with Crippen LogP contribution in [-0.2, 0) is 14.4 Å². The molecule has 7 nitrogen and oxygen atoms in total. The molecule has 0 atom stereocenters. The number of halogens is 1. The van der Waals surface area contributed by atoms with Crippen molar-refractivity contribution in [3.63, 3.8) is 0 Å². The summed E-state index contributed by atoms with van der Waals surface area (Å²) >= 11 is 6.73. The average molecular weight is 290 g/mol. The molecule has 1 amide bonds. The van der Waals surface area contributed by atoms with Crippen molar-refractivity contribution in [1.29, 1.82) is 0 Å². The number of aliphatic carboxylic acids is 1. The first kappa shape index (κ1) is 14.1. The summed E-state index contributed by atoms with van der Waals surface area (Å²) in [6.07, 6.45) is 1.82. The number of nitrogens with one attached hydrogen (secondary N) is 1. The van der Waals surface area contributed by atoms with E-state index in [0.717, 1.165) is 11.3 Å². The van der Waals surface area contributed by atoms with Gasteiger partial charge in [-0.2, -0.15) is 0 Å². The normalized spacial score (nSPS) is 10.8. The van der Waals surface area contributed by atoms with E-state index in [0.29, 0.717) is 6.41 Å². The summed E-state index contributed by atoms with van der Waals surface area (Å²) in [5.74, 6) is -1.34. The molecule has 0 saturated carbocycles. The molecule has 1 rings (SSSR count). The molecule has 9 heteroatoms. The van der Waals surface area contributed by atoms with Crippen LogP contribution in [0.5, 0.6) is 0 Å². The van der Waals surface area contributed by atoms with Crippen LogP contribution in [0.3, 0.4) is 0 Å². The minimum atomic E-state index is -1.34. The summed E-state index contributed by atoms with van der Waals surface area (Å²) in [5, 5.41) is 14.8. The van der Waals surface area contributed by atoms with E-state index in [-0.39, 0.29) is 21.8 Å². The molecule has 18 heavy (non-hydrogen) atoms. The van der Waals surface area contributed by atoms with Crippen LogP contribution in [0.4, 0.5) is 5.13 Å². The molecule has 96 valence electrons. The SMILES string of the molecule is C=CCO/N=C(/C(=O)O)c1nc(NC=O)sc1Cl. The van der Waals surface area contributed by atoms with E-state index < -0.39 is 11.7 Å². The number of thiazole rings is 1. The molecule has 2 N–H and O–H groups in total. The number of carboxylic acid groups (broad SMARTS) is 1. The number of aromatic nitrogens is 1. The molecule has 0 aromatic carbocycles. The van der Waals surface area contributed by atoms with Crippen LogP contribution < -0.4 is 5.32 Å². The van der Waals surface area contributed by atoms with Crippen molar-refractivity contribution in [2.75, 3.05) is 11.9 Å². The fourth-order valence-electron chi connectivity index (χ4n) is 0.898. The Balaban J connectivity index is 3.05. The average Bonchev–Trinajstić information content (AvgIpc) is 2.66. The number of hydrogen-bond acceptors (Lipinski definition) is 6. The van der Waals surface area contributed by atoms with Gasteiger partial charge in [0.25, 0.3) is 0 Å². The van der Waals surface area contributed by atoms with Crippen LogP contribution in [0, 0.1) is 0 Å². The molecule has 1 aromatic rings. The van der Waals surface area contributed by atoms with E-state index in [2.05, 4.69) is 22.0 Å². The molecule has 0 saturated heterocycles. The molecular weight excluding hydrogens is 282 g/mol. The number of carbonyl (C=O) groups is 2. The monoisotopic (exact) mass is 289 g/mol. The van der Waals surface area contributed by atoms with Crippen LogP contribution in [0.1, 0.15) is 5.69 Å². The van der Waals surface area contributed by atoms with Gasteiger partial charge in [-0.3, -0.25) is 4.79 Å². The third kappa shape index (κ3) is 3.54. The number of carbonyl (C=O) groups excluding carboxylic acids is 1. The number of nitrogens with zero attached hydrogens (tertiary/aromatic N) is 2. The summed E-state index contributed by atoms with van der Waals surface area (Å²) in [6.45, 7) is 3.44. The lowest BCUT2D eigenvalue weighted by Gasteiger charge is -1.98. The fraction of sp³-hybridized carbons (Fsp3) is 0.111. The van der Waals surface area contributed by atoms with E-state index in [1.54, 1.807) is 0 Å². The second-order valence-electron chi connectivity index (χ2n) is 2.73. The standard InChI is InChI=1S/C9H8ClN3O4S/c1-2-3-17-13-6(8(15)16)5-7(10)18-9(12-5)11-4-14/h2,4H,1,3H2,(H,15,16)(H,11,12,14)/b13-6+. The van der Waals surface area contributed by atoms with Crippen molar-refractivity contribution in [2.24, 2.45) is 5.16 Å². The van der Waals surface area contributed by atoms with Crippen LogP contribution >= 0.6 is 22.9 Å². The van der Waals surface area contributed by atoms with Crippen molar-refractivity contribution < 1.29 is 19.5 Å². The van der Waals surface area contributed by atoms with Crippen molar-refractivity contribution in [1.82, 2.24) is 4.98 Å². The highest BCUT2D eigenvalue weighted by Crippen LogP contribution is 2.28. The molecule has 0 aliphatic carbocycles. The number of anilines is 1. The van der Waals surface area contributed by atoms with E-state index in [4.69, 9.17) is 21.5 Å². The van der Waals surface area contributed by atoms with Gasteiger partial charge in [0.05, 0.1) is 0 Å². The highest BCUT2D eigenvalue weighted by molar-refractivity contribution is 7.20. The number of hydrogen-bond donors (Lipinski definition) is 2. The Kier molecular flexibility index (Phi) is 5.28. The van der Waals surface area contributed by atoms with Gasteiger partial charge in [-0.05, 0) is 0 Å². The third-order valence-electron chi connectivity index (χ3n) is 1.54. The zero-order chi connectivity index (χ0) is 13.5. The lowest BCUT2D eigenvalue weighted by molar-refractivity contribution is -0.129. The van der Waals surface area contributed by atoms with Gasteiger partial charge in [-0.25, -0.2) is 9.78 Å². The topological polar surface area (TPSA) is 101 Å². The van der Waals surface area contributed by atoms with Gasteiger partial charge in [0.15, 0.2) is 5.13 Å². The Morgan fingerprint density at radius 3 is 3.00 bits per heavy atom. The Hall–Kier alpha value is -1.93. The van der Waals surface area contributed by atoms with Gasteiger partial charge in [0.2, 0.25) is 12.1 Å². The predicted octanol–water partition coefficient (Wildman–Crippen LogP) is 1.36. The molecule has 0 bridgehead atoms. The minimum Gasteiger partial charge on any atom is -0.476 e. The van der Waals surface area contributed by atoms with Crippen LogP contribution in [0.15, 0.2) is 17.8 Å². The lowest BCUT2D eigenvalue weighted by Crippen LogP contribution is -2.16. The summed E-state index contributed by atoms with van der Waals surface area (Å²) in [5.41, 5.74) is -0.514. The fourth-order valence-corrected chi connectivity index (χ4v) is 1.90. The van der Waals surface area contributed by atoms with Crippen LogP contribution in [0.2, 0.25) is 4.34 Å². The Morgan fingerprint density at radius 1 is 1.72 bits per heavy atom. The highest BCUT2D eigenvalue weighted by atomic mass is 35.5. The molecule has 0 fully saturated rings. The molecular formula is C9H8ClN3O4S. The number of amides is 1. The maximum atomic E-state index is 11.0. The van der Waals surface area contributed by atoms with Crippen molar-refractivity contribution in [3.05, 3.63) is 22.7 Å². The van der Waals surface area contributed by atoms with E-state index in [9.17, 15) is 9.59 Å². The van der Waals surface area contributed by atoms with E-state index in [1.165, 1.54) is 6.08 Å². The van der Waals surface area contributed by atoms with Crippen LogP contribution in [-0.4, -0.2) is 34.8 Å². The Morgan fingerprint density at radius 2 is 2.44 bits per heavy atom. The number of rotatable bonds is 7. The molecule has 1 heterocycles. The molecule has 0 aliphatic heterocycles. The molecule has 0 spiro atoms. The first-order valence-corrected chi connectivity index (χ1v) is 5.70. The van der Waals surface area contributed by atoms with E-state index in [1.807, 2.05) is 0 Å². The zero-order valence-corrected chi connectivity index (χ0v) is 10.5. The minimum absolute atomic E-state index is 0.0536. The predicted molar refractivity (Wildman–Crippen MR) is 67.1 cm³/mol. The Bertz CT molecular complexity index is 500. The number of oxime groups is 1. The van der Waals surface area contributed by atoms with Gasteiger partial charge >= 0.3 is 5.97 Å². The smallest absolute Gasteiger partial charge is 0.360 e. The second-order valence-corrected chi connectivity index (χ2v) is 4.33. The molecule has 0 aliphatic rings. The lowest BCUT2D eigenvalue weighted by atomic mass is 10.3. The van der Waals surface area contributed by atoms with Gasteiger partial charge in [0, 0.05) is 0 Å². The summed E-state index contributed by atoms with van der Waals surface area (Å²) < 4.78 is 0.0858. The zero-order valence-electron chi connectivity index (χ0n) is 8.92.